The number of hydrogen-bond acceptors (Lipinski definition) is 3. The van der Waals surface area contributed by atoms with Crippen molar-refractivity contribution < 1.29 is 0 Å². The molecule has 3 aliphatic carbocycles. The Balaban J connectivity index is 1.91. The van der Waals surface area contributed by atoms with E-state index in [4.69, 9.17) is 0 Å². The maximum atomic E-state index is 9.58. The molecule has 0 atom stereocenters. The van der Waals surface area contributed by atoms with E-state index >= 15 is 0 Å². The zero-order chi connectivity index (χ0) is 20.4. The standard InChI is InChI=1S/C26H17N3/c1-13-4-19-23(8-17(13)11-28)26-21-6-15(3)16(10-27)7-22(21)25(19)20-5-14(2)18(12-29)9-24(20)26/h4-9,25-26H,1-3H3. The van der Waals surface area contributed by atoms with Gasteiger partial charge in [0.15, 0.2) is 0 Å². The fourth-order valence-corrected chi connectivity index (χ4v) is 5.11. The lowest BCUT2D eigenvalue weighted by atomic mass is 9.60. The van der Waals surface area contributed by atoms with Gasteiger partial charge < -0.3 is 0 Å². The second-order valence-electron chi connectivity index (χ2n) is 8.09. The molecule has 0 fully saturated rings. The Morgan fingerprint density at radius 2 is 0.724 bits per heavy atom. The summed E-state index contributed by atoms with van der Waals surface area (Å²) in [5.41, 5.74) is 12.1. The first-order valence-corrected chi connectivity index (χ1v) is 9.62. The van der Waals surface area contributed by atoms with Crippen LogP contribution >= 0.6 is 0 Å². The fraction of sp³-hybridized carbons (Fsp3) is 0.192. The monoisotopic (exact) mass is 371 g/mol. The predicted octanol–water partition coefficient (Wildman–Crippen LogP) is 5.21. The molecule has 0 saturated heterocycles. The van der Waals surface area contributed by atoms with E-state index in [1.807, 2.05) is 39.0 Å². The average Bonchev–Trinajstić information content (AvgIpc) is 2.71. The van der Waals surface area contributed by atoms with Crippen LogP contribution in [0.4, 0.5) is 0 Å². The van der Waals surface area contributed by atoms with Crippen molar-refractivity contribution in [3.05, 3.63) is 103 Å². The van der Waals surface area contributed by atoms with Crippen molar-refractivity contribution in [2.45, 2.75) is 32.6 Å². The molecule has 0 saturated carbocycles. The molecule has 29 heavy (non-hydrogen) atoms. The molecule has 136 valence electrons. The molecule has 3 aliphatic rings. The van der Waals surface area contributed by atoms with Crippen molar-refractivity contribution in [2.75, 3.05) is 0 Å². The molecule has 3 aromatic rings. The summed E-state index contributed by atoms with van der Waals surface area (Å²) in [7, 11) is 0. The van der Waals surface area contributed by atoms with Crippen molar-refractivity contribution in [1.29, 1.82) is 15.8 Å². The Kier molecular flexibility index (Phi) is 3.46. The van der Waals surface area contributed by atoms with Gasteiger partial charge in [0.1, 0.15) is 0 Å². The zero-order valence-corrected chi connectivity index (χ0v) is 16.5. The molecular weight excluding hydrogens is 354 g/mol. The van der Waals surface area contributed by atoms with Gasteiger partial charge in [-0.05, 0) is 89.0 Å². The van der Waals surface area contributed by atoms with Crippen LogP contribution in [-0.2, 0) is 0 Å². The maximum Gasteiger partial charge on any atom is 0.0994 e. The summed E-state index contributed by atoms with van der Waals surface area (Å²) >= 11 is 0. The van der Waals surface area contributed by atoms with E-state index in [0.29, 0.717) is 16.7 Å². The van der Waals surface area contributed by atoms with Crippen LogP contribution in [0.25, 0.3) is 0 Å². The number of rotatable bonds is 0. The Bertz CT molecular complexity index is 1300. The SMILES string of the molecule is Cc1cc2c(cc1C#N)C1c3cc(C)c(C#N)cc3C2c2cc(C#N)c(C)cc21. The molecule has 0 N–H and O–H groups in total. The van der Waals surface area contributed by atoms with Crippen molar-refractivity contribution in [1.82, 2.24) is 0 Å². The van der Waals surface area contributed by atoms with Gasteiger partial charge >= 0.3 is 0 Å². The van der Waals surface area contributed by atoms with Crippen molar-refractivity contribution >= 4 is 0 Å². The third-order valence-corrected chi connectivity index (χ3v) is 6.52. The normalized spacial score (nSPS) is 17.4. The summed E-state index contributed by atoms with van der Waals surface area (Å²) in [6.45, 7) is 5.92. The van der Waals surface area contributed by atoms with Crippen LogP contribution in [0.15, 0.2) is 36.4 Å². The van der Waals surface area contributed by atoms with Gasteiger partial charge in [0.2, 0.25) is 0 Å². The topological polar surface area (TPSA) is 71.4 Å². The number of benzene rings is 3. The molecule has 0 radical (unpaired) electrons. The second kappa shape index (κ2) is 5.81. The highest BCUT2D eigenvalue weighted by Gasteiger charge is 2.42. The summed E-state index contributed by atoms with van der Waals surface area (Å²) in [6.07, 6.45) is 0. The van der Waals surface area contributed by atoms with Crippen LogP contribution in [0.3, 0.4) is 0 Å². The summed E-state index contributed by atoms with van der Waals surface area (Å²) in [4.78, 5) is 0. The molecular formula is C26H17N3. The van der Waals surface area contributed by atoms with Crippen LogP contribution in [0.2, 0.25) is 0 Å². The third kappa shape index (κ3) is 2.15. The highest BCUT2D eigenvalue weighted by molar-refractivity contribution is 5.72. The quantitative estimate of drug-likeness (QED) is 0.375. The molecule has 0 spiro atoms. The van der Waals surface area contributed by atoms with Gasteiger partial charge in [0.05, 0.1) is 34.9 Å². The van der Waals surface area contributed by atoms with Crippen LogP contribution in [0.1, 0.15) is 78.6 Å². The van der Waals surface area contributed by atoms with Gasteiger partial charge in [-0.25, -0.2) is 0 Å². The molecule has 0 heterocycles. The molecule has 2 bridgehead atoms. The van der Waals surface area contributed by atoms with E-state index in [9.17, 15) is 15.8 Å². The van der Waals surface area contributed by atoms with Gasteiger partial charge in [-0.2, -0.15) is 15.8 Å². The largest absolute Gasteiger partial charge is 0.192 e. The first-order chi connectivity index (χ1) is 14.0. The van der Waals surface area contributed by atoms with Gasteiger partial charge in [-0.1, -0.05) is 18.2 Å². The Labute approximate surface area is 170 Å². The summed E-state index contributed by atoms with van der Waals surface area (Å²) < 4.78 is 0. The molecule has 3 heteroatoms. The van der Waals surface area contributed by atoms with Crippen molar-refractivity contribution in [3.8, 4) is 18.2 Å². The first kappa shape index (κ1) is 17.2. The minimum absolute atomic E-state index is 0.0191. The minimum Gasteiger partial charge on any atom is -0.192 e. The number of hydrogen-bond donors (Lipinski definition) is 0. The summed E-state index contributed by atoms with van der Waals surface area (Å²) in [5, 5.41) is 28.7. The molecule has 0 aliphatic heterocycles. The van der Waals surface area contributed by atoms with E-state index in [1.54, 1.807) is 0 Å². The van der Waals surface area contributed by atoms with Crippen LogP contribution in [-0.4, -0.2) is 0 Å². The smallest absolute Gasteiger partial charge is 0.0994 e. The van der Waals surface area contributed by atoms with Crippen molar-refractivity contribution in [3.63, 3.8) is 0 Å². The molecule has 6 rings (SSSR count). The second-order valence-corrected chi connectivity index (χ2v) is 8.09. The highest BCUT2D eigenvalue weighted by Crippen LogP contribution is 2.56. The zero-order valence-electron chi connectivity index (χ0n) is 16.5. The third-order valence-electron chi connectivity index (χ3n) is 6.52. The highest BCUT2D eigenvalue weighted by atomic mass is 14.5. The summed E-state index contributed by atoms with van der Waals surface area (Å²) in [5.74, 6) is -0.00238. The van der Waals surface area contributed by atoms with E-state index < -0.39 is 0 Å². The van der Waals surface area contributed by atoms with Gasteiger partial charge in [0, 0.05) is 11.8 Å². The molecule has 3 nitrogen and oxygen atoms in total. The average molecular weight is 371 g/mol. The lowest BCUT2D eigenvalue weighted by Gasteiger charge is -2.43. The number of nitrogens with zero attached hydrogens (tertiary/aromatic N) is 3. The Morgan fingerprint density at radius 3 is 0.966 bits per heavy atom. The van der Waals surface area contributed by atoms with E-state index in [1.165, 1.54) is 22.3 Å². The molecule has 0 amide bonds. The maximum absolute atomic E-state index is 9.58. The number of aryl methyl sites for hydroxylation is 3. The van der Waals surface area contributed by atoms with E-state index in [2.05, 4.69) is 36.4 Å². The van der Waals surface area contributed by atoms with Crippen LogP contribution in [0, 0.1) is 54.8 Å². The van der Waals surface area contributed by atoms with Gasteiger partial charge in [-0.15, -0.1) is 0 Å². The Morgan fingerprint density at radius 1 is 0.483 bits per heavy atom. The molecule has 0 unspecified atom stereocenters. The predicted molar refractivity (Wildman–Crippen MR) is 110 cm³/mol. The Hall–Kier alpha value is -3.87. The van der Waals surface area contributed by atoms with Gasteiger partial charge in [-0.3, -0.25) is 0 Å². The van der Waals surface area contributed by atoms with E-state index in [0.717, 1.165) is 27.8 Å². The van der Waals surface area contributed by atoms with Crippen molar-refractivity contribution in [2.24, 2.45) is 0 Å². The molecule has 0 aromatic heterocycles. The lowest BCUT2D eigenvalue weighted by Crippen LogP contribution is -2.28. The first-order valence-electron chi connectivity index (χ1n) is 9.62. The van der Waals surface area contributed by atoms with Crippen LogP contribution < -0.4 is 0 Å². The lowest BCUT2D eigenvalue weighted by molar-refractivity contribution is 0.749. The van der Waals surface area contributed by atoms with Gasteiger partial charge in [0.25, 0.3) is 0 Å². The molecule has 3 aromatic carbocycles. The number of nitriles is 3. The minimum atomic E-state index is -0.0214. The van der Waals surface area contributed by atoms with Crippen LogP contribution in [0.5, 0.6) is 0 Å². The van der Waals surface area contributed by atoms with E-state index in [-0.39, 0.29) is 11.8 Å². The summed E-state index contributed by atoms with van der Waals surface area (Å²) in [6, 6.07) is 19.4. The fourth-order valence-electron chi connectivity index (χ4n) is 5.11.